The molecule has 20 valence electrons. The third-order valence-electron chi connectivity index (χ3n) is 0. The minimum absolute atomic E-state index is 0. The molecule has 4 heteroatoms. The van der Waals surface area contributed by atoms with Gasteiger partial charge in [-0.05, 0) is 0 Å². The van der Waals surface area contributed by atoms with E-state index in [1.54, 1.807) is 0 Å². The zero-order valence-corrected chi connectivity index (χ0v) is 8.16. The van der Waals surface area contributed by atoms with E-state index in [1.807, 2.05) is 0 Å². The average molecular weight is 121 g/mol. The molecule has 4 heavy (non-hydrogen) atoms. The number of hydrogen-bond acceptors (Lipinski definition) is 1. The van der Waals surface area contributed by atoms with Gasteiger partial charge in [0, 0.05) is 17.1 Å². The second kappa shape index (κ2) is 17.9. The van der Waals surface area contributed by atoms with Gasteiger partial charge < -0.3 is 9.00 Å². The summed E-state index contributed by atoms with van der Waals surface area (Å²) in [6, 6.07) is 0. The van der Waals surface area contributed by atoms with Crippen molar-refractivity contribution in [3.63, 3.8) is 0 Å². The molecule has 0 aromatic carbocycles. The third-order valence-corrected chi connectivity index (χ3v) is 0. The van der Waals surface area contributed by atoms with Crippen LogP contribution < -0.4 is 65.3 Å². The SMILES string of the molecule is N.[Fe].[H-].[H-].[Na+].[Na+]. The predicted octanol–water partition coefficient (Wildman–Crippen LogP) is -5.61. The van der Waals surface area contributed by atoms with E-state index < -0.39 is 0 Å². The van der Waals surface area contributed by atoms with Crippen molar-refractivity contribution in [1.29, 1.82) is 0 Å². The minimum Gasteiger partial charge on any atom is -1.00 e. The summed E-state index contributed by atoms with van der Waals surface area (Å²) in [4.78, 5) is 0. The number of hydrogen-bond donors (Lipinski definition) is 1. The van der Waals surface area contributed by atoms with Gasteiger partial charge >= 0.3 is 59.1 Å². The van der Waals surface area contributed by atoms with Crippen LogP contribution in [0, 0.1) is 0 Å². The summed E-state index contributed by atoms with van der Waals surface area (Å²) in [7, 11) is 0. The summed E-state index contributed by atoms with van der Waals surface area (Å²) in [6.07, 6.45) is 0. The smallest absolute Gasteiger partial charge is 1.00 e. The topological polar surface area (TPSA) is 35.0 Å². The van der Waals surface area contributed by atoms with Gasteiger partial charge in [-0.15, -0.1) is 0 Å². The van der Waals surface area contributed by atoms with Crippen molar-refractivity contribution >= 4 is 0 Å². The first-order valence-electron chi connectivity index (χ1n) is 0. The fourth-order valence-electron chi connectivity index (χ4n) is 0. The minimum atomic E-state index is 0. The van der Waals surface area contributed by atoms with Crippen LogP contribution in [0.5, 0.6) is 0 Å². The maximum Gasteiger partial charge on any atom is 1.00 e. The van der Waals surface area contributed by atoms with Crippen LogP contribution in [-0.4, -0.2) is 0 Å². The van der Waals surface area contributed by atoms with Gasteiger partial charge in [-0.1, -0.05) is 0 Å². The Morgan fingerprint density at radius 3 is 1.00 bits per heavy atom. The summed E-state index contributed by atoms with van der Waals surface area (Å²) in [5.74, 6) is 0. The molecule has 0 spiro atoms. The Morgan fingerprint density at radius 2 is 1.00 bits per heavy atom. The molecule has 3 N–H and O–H groups in total. The molecule has 0 aliphatic carbocycles. The van der Waals surface area contributed by atoms with Crippen LogP contribution >= 0.6 is 0 Å². The van der Waals surface area contributed by atoms with Gasteiger partial charge in [0.05, 0.1) is 0 Å². The van der Waals surface area contributed by atoms with Crippen molar-refractivity contribution in [2.75, 3.05) is 0 Å². The molecule has 0 amide bonds. The second-order valence-electron chi connectivity index (χ2n) is 0. The van der Waals surface area contributed by atoms with Crippen LogP contribution in [0.1, 0.15) is 2.85 Å². The first-order valence-corrected chi connectivity index (χ1v) is 0. The standard InChI is InChI=1S/Fe.H3N.2Na.2H/h;1H3;;;;/q;;2*+1;2*-1. The molecule has 0 aromatic heterocycles. The van der Waals surface area contributed by atoms with Gasteiger partial charge in [0.15, 0.2) is 0 Å². The maximum atomic E-state index is 0. The van der Waals surface area contributed by atoms with Crippen molar-refractivity contribution in [3.8, 4) is 0 Å². The van der Waals surface area contributed by atoms with E-state index in [2.05, 4.69) is 0 Å². The first-order chi connectivity index (χ1) is 0. The molecule has 0 aliphatic heterocycles. The monoisotopic (exact) mass is 121 g/mol. The molecule has 1 nitrogen and oxygen atoms in total. The van der Waals surface area contributed by atoms with E-state index in [1.165, 1.54) is 0 Å². The van der Waals surface area contributed by atoms with E-state index in [-0.39, 0.29) is 85.2 Å². The Bertz CT molecular complexity index is 11.5. The Hall–Kier alpha value is 2.48. The summed E-state index contributed by atoms with van der Waals surface area (Å²) in [6.45, 7) is 0. The summed E-state index contributed by atoms with van der Waals surface area (Å²) in [5.41, 5.74) is 0. The van der Waals surface area contributed by atoms with E-state index in [4.69, 9.17) is 0 Å². The van der Waals surface area contributed by atoms with Crippen LogP contribution in [0.2, 0.25) is 0 Å². The van der Waals surface area contributed by atoms with Gasteiger partial charge in [0.2, 0.25) is 0 Å². The molecule has 0 fully saturated rings. The van der Waals surface area contributed by atoms with E-state index in [0.29, 0.717) is 0 Å². The molecule has 0 rings (SSSR count). The van der Waals surface area contributed by atoms with Gasteiger partial charge in [-0.25, -0.2) is 0 Å². The molecule has 0 saturated carbocycles. The summed E-state index contributed by atoms with van der Waals surface area (Å²) < 4.78 is 0. The molecule has 0 aliphatic rings. The van der Waals surface area contributed by atoms with Crippen LogP contribution in [0.4, 0.5) is 0 Å². The Morgan fingerprint density at radius 1 is 1.00 bits per heavy atom. The number of rotatable bonds is 0. The van der Waals surface area contributed by atoms with Crippen LogP contribution in [0.25, 0.3) is 0 Å². The Balaban J connectivity index is 0. The molecule has 0 radical (unpaired) electrons. The van der Waals surface area contributed by atoms with Gasteiger partial charge in [-0.3, -0.25) is 0 Å². The quantitative estimate of drug-likeness (QED) is 0.318. The van der Waals surface area contributed by atoms with E-state index >= 15 is 0 Å². The second-order valence-corrected chi connectivity index (χ2v) is 0. The maximum absolute atomic E-state index is 0. The molecule has 0 bridgehead atoms. The molecular formula is H5FeNNa2. The van der Waals surface area contributed by atoms with Crippen molar-refractivity contribution in [3.05, 3.63) is 0 Å². The van der Waals surface area contributed by atoms with E-state index in [0.717, 1.165) is 0 Å². The van der Waals surface area contributed by atoms with Crippen LogP contribution in [0.15, 0.2) is 0 Å². The van der Waals surface area contributed by atoms with Crippen molar-refractivity contribution in [2.24, 2.45) is 0 Å². The summed E-state index contributed by atoms with van der Waals surface area (Å²) in [5, 5.41) is 0. The fraction of sp³-hybridized carbons (Fsp3) is 0. The third kappa shape index (κ3) is 8.82. The average Bonchev–Trinajstić information content (AvgIpc) is 0. The van der Waals surface area contributed by atoms with Gasteiger partial charge in [0.25, 0.3) is 0 Å². The predicted molar refractivity (Wildman–Crippen MR) is 7.25 cm³/mol. The van der Waals surface area contributed by atoms with Gasteiger partial charge in [0.1, 0.15) is 0 Å². The summed E-state index contributed by atoms with van der Waals surface area (Å²) >= 11 is 0. The van der Waals surface area contributed by atoms with Crippen LogP contribution in [0.3, 0.4) is 0 Å². The molecule has 0 heterocycles. The van der Waals surface area contributed by atoms with Crippen molar-refractivity contribution < 1.29 is 79.0 Å². The molecule has 0 unspecified atom stereocenters. The fourth-order valence-corrected chi connectivity index (χ4v) is 0. The molecule has 0 saturated heterocycles. The Labute approximate surface area is 83.9 Å². The first kappa shape index (κ1) is 31.6. The largest absolute Gasteiger partial charge is 1.00 e. The van der Waals surface area contributed by atoms with E-state index in [9.17, 15) is 0 Å². The Kier molecular flexibility index (Phi) is 141. The normalized spacial score (nSPS) is 0. The van der Waals surface area contributed by atoms with Gasteiger partial charge in [-0.2, -0.15) is 0 Å². The zero-order chi connectivity index (χ0) is 0. The molecule has 0 atom stereocenters. The van der Waals surface area contributed by atoms with Crippen LogP contribution in [-0.2, 0) is 17.1 Å². The van der Waals surface area contributed by atoms with Crippen molar-refractivity contribution in [2.45, 2.75) is 0 Å². The molecular weight excluding hydrogens is 116 g/mol. The zero-order valence-electron chi connectivity index (χ0n) is 5.06. The molecule has 0 aromatic rings. The van der Waals surface area contributed by atoms with Crippen molar-refractivity contribution in [1.82, 2.24) is 6.15 Å².